The summed E-state index contributed by atoms with van der Waals surface area (Å²) < 4.78 is 9.67. The number of ether oxygens (including phenoxy) is 1. The number of hydrogen-bond acceptors (Lipinski definition) is 4. The minimum Gasteiger partial charge on any atom is -0.385 e. The van der Waals surface area contributed by atoms with Crippen molar-refractivity contribution >= 4 is 16.5 Å². The molecule has 0 radical (unpaired) electrons. The largest absolute Gasteiger partial charge is 0.385 e. The number of nitrogens with one attached hydrogen (secondary N) is 1. The van der Waals surface area contributed by atoms with Crippen LogP contribution >= 0.6 is 0 Å². The number of hydrogen-bond donors (Lipinski definition) is 1. The third kappa shape index (κ3) is 3.12. The maximum Gasteiger partial charge on any atom is 0.258 e. The molecule has 1 N–H and O–H groups in total. The molecule has 0 spiro atoms. The number of aromatic nitrogens is 3. The van der Waals surface area contributed by atoms with Crippen LogP contribution in [0.3, 0.4) is 0 Å². The number of anilines is 1. The van der Waals surface area contributed by atoms with E-state index in [1.165, 1.54) is 0 Å². The summed E-state index contributed by atoms with van der Waals surface area (Å²) in [4.78, 5) is 16.8. The molecule has 1 aliphatic rings. The summed E-state index contributed by atoms with van der Waals surface area (Å²) in [7, 11) is 3.78. The summed E-state index contributed by atoms with van der Waals surface area (Å²) in [5, 5.41) is 5.20. The number of rotatable bonds is 4. The van der Waals surface area contributed by atoms with Crippen LogP contribution in [-0.2, 0) is 18.8 Å². The fraction of sp³-hybridized carbons (Fsp3) is 0.400. The predicted octanol–water partition coefficient (Wildman–Crippen LogP) is 2.85. The highest BCUT2D eigenvalue weighted by molar-refractivity contribution is 5.84. The van der Waals surface area contributed by atoms with Gasteiger partial charge in [0.25, 0.3) is 5.56 Å². The molecule has 6 nitrogen and oxygen atoms in total. The number of pyridine rings is 1. The zero-order valence-electron chi connectivity index (χ0n) is 15.2. The average Bonchev–Trinajstić information content (AvgIpc) is 3.09. The standard InChI is InChI=1S/C20H24N4O2/c1-23-10-8-21-19(23)18-15(4-3-11-26-18)13-22-16-6-5-14-7-9-24(2)20(25)17(14)12-16/h5-10,12,15,18,22H,3-4,11,13H2,1-2H3/t15-,18+/m0/s1. The van der Waals surface area contributed by atoms with Gasteiger partial charge in [0, 0.05) is 62.8 Å². The Kier molecular flexibility index (Phi) is 4.51. The lowest BCUT2D eigenvalue weighted by atomic mass is 9.93. The lowest BCUT2D eigenvalue weighted by molar-refractivity contribution is -0.0304. The first kappa shape index (κ1) is 16.8. The number of imidazole rings is 1. The molecule has 3 aromatic rings. The summed E-state index contributed by atoms with van der Waals surface area (Å²) in [6.07, 6.45) is 7.73. The minimum atomic E-state index is 0.00424. The molecule has 6 heteroatoms. The van der Waals surface area contributed by atoms with E-state index in [4.69, 9.17) is 4.74 Å². The van der Waals surface area contributed by atoms with Crippen LogP contribution in [0.1, 0.15) is 24.8 Å². The molecule has 1 fully saturated rings. The van der Waals surface area contributed by atoms with Crippen LogP contribution in [0.15, 0.2) is 47.7 Å². The molecule has 136 valence electrons. The lowest BCUT2D eigenvalue weighted by Gasteiger charge is -2.31. The first-order valence-corrected chi connectivity index (χ1v) is 9.05. The van der Waals surface area contributed by atoms with E-state index in [1.807, 2.05) is 48.3 Å². The van der Waals surface area contributed by atoms with Gasteiger partial charge in [-0.15, -0.1) is 0 Å². The second-order valence-corrected chi connectivity index (χ2v) is 7.00. The van der Waals surface area contributed by atoms with Gasteiger partial charge in [-0.3, -0.25) is 4.79 Å². The van der Waals surface area contributed by atoms with E-state index in [1.54, 1.807) is 17.8 Å². The number of aryl methyl sites for hydroxylation is 2. The highest BCUT2D eigenvalue weighted by Gasteiger charge is 2.30. The third-order valence-electron chi connectivity index (χ3n) is 5.21. The van der Waals surface area contributed by atoms with Crippen molar-refractivity contribution < 1.29 is 4.74 Å². The fourth-order valence-corrected chi connectivity index (χ4v) is 3.68. The maximum atomic E-state index is 12.3. The van der Waals surface area contributed by atoms with Gasteiger partial charge in [0.2, 0.25) is 0 Å². The Morgan fingerprint density at radius 1 is 1.23 bits per heavy atom. The van der Waals surface area contributed by atoms with Gasteiger partial charge in [-0.1, -0.05) is 6.07 Å². The molecule has 0 amide bonds. The zero-order valence-corrected chi connectivity index (χ0v) is 15.2. The topological polar surface area (TPSA) is 61.1 Å². The number of nitrogens with zero attached hydrogens (tertiary/aromatic N) is 3. The van der Waals surface area contributed by atoms with Crippen LogP contribution in [0, 0.1) is 5.92 Å². The second-order valence-electron chi connectivity index (χ2n) is 7.00. The molecule has 3 heterocycles. The molecule has 4 rings (SSSR count). The molecule has 26 heavy (non-hydrogen) atoms. The normalized spacial score (nSPS) is 20.4. The van der Waals surface area contributed by atoms with Crippen molar-refractivity contribution in [2.24, 2.45) is 20.0 Å². The Morgan fingerprint density at radius 3 is 2.92 bits per heavy atom. The van der Waals surface area contributed by atoms with Gasteiger partial charge < -0.3 is 19.2 Å². The van der Waals surface area contributed by atoms with Crippen molar-refractivity contribution in [2.75, 3.05) is 18.5 Å². The SMILES string of the molecule is Cn1ccnc1[C@@H]1OCCC[C@H]1CNc1ccc2ccn(C)c(=O)c2c1. The Bertz CT molecular complexity index is 975. The summed E-state index contributed by atoms with van der Waals surface area (Å²) in [5.41, 5.74) is 0.989. The van der Waals surface area contributed by atoms with Crippen LogP contribution in [0.25, 0.3) is 10.8 Å². The van der Waals surface area contributed by atoms with Crippen LogP contribution in [0.4, 0.5) is 5.69 Å². The predicted molar refractivity (Wildman–Crippen MR) is 102 cm³/mol. The van der Waals surface area contributed by atoms with Gasteiger partial charge in [0.1, 0.15) is 11.9 Å². The molecule has 1 aromatic carbocycles. The molecular weight excluding hydrogens is 328 g/mol. The van der Waals surface area contributed by atoms with Gasteiger partial charge in [-0.25, -0.2) is 4.98 Å². The van der Waals surface area contributed by atoms with Crippen molar-refractivity contribution in [2.45, 2.75) is 18.9 Å². The monoisotopic (exact) mass is 352 g/mol. The van der Waals surface area contributed by atoms with Gasteiger partial charge in [-0.05, 0) is 36.4 Å². The van der Waals surface area contributed by atoms with Crippen molar-refractivity contribution in [1.29, 1.82) is 0 Å². The number of fused-ring (bicyclic) bond motifs is 1. The minimum absolute atomic E-state index is 0.00424. The summed E-state index contributed by atoms with van der Waals surface area (Å²) >= 11 is 0. The van der Waals surface area contributed by atoms with E-state index >= 15 is 0 Å². The van der Waals surface area contributed by atoms with Crippen molar-refractivity contribution in [3.63, 3.8) is 0 Å². The highest BCUT2D eigenvalue weighted by Crippen LogP contribution is 2.32. The average molecular weight is 352 g/mol. The van der Waals surface area contributed by atoms with E-state index in [9.17, 15) is 4.79 Å². The first-order valence-electron chi connectivity index (χ1n) is 9.05. The smallest absolute Gasteiger partial charge is 0.258 e. The highest BCUT2D eigenvalue weighted by atomic mass is 16.5. The van der Waals surface area contributed by atoms with Crippen molar-refractivity contribution in [3.05, 3.63) is 59.0 Å². The van der Waals surface area contributed by atoms with Crippen LogP contribution in [0.5, 0.6) is 0 Å². The molecule has 1 aliphatic heterocycles. The van der Waals surface area contributed by atoms with Crippen molar-refractivity contribution in [1.82, 2.24) is 14.1 Å². The van der Waals surface area contributed by atoms with Gasteiger partial charge in [0.05, 0.1) is 0 Å². The lowest BCUT2D eigenvalue weighted by Crippen LogP contribution is -2.30. The van der Waals surface area contributed by atoms with E-state index in [-0.39, 0.29) is 11.7 Å². The van der Waals surface area contributed by atoms with E-state index in [0.29, 0.717) is 5.92 Å². The van der Waals surface area contributed by atoms with Crippen LogP contribution in [0.2, 0.25) is 0 Å². The van der Waals surface area contributed by atoms with E-state index < -0.39 is 0 Å². The van der Waals surface area contributed by atoms with E-state index in [2.05, 4.69) is 10.3 Å². The summed E-state index contributed by atoms with van der Waals surface area (Å²) in [6.45, 7) is 1.57. The zero-order chi connectivity index (χ0) is 18.1. The Balaban J connectivity index is 1.54. The molecule has 0 unspecified atom stereocenters. The number of benzene rings is 1. The quantitative estimate of drug-likeness (QED) is 0.784. The maximum absolute atomic E-state index is 12.3. The Labute approximate surface area is 152 Å². The van der Waals surface area contributed by atoms with Gasteiger partial charge in [-0.2, -0.15) is 0 Å². The summed E-state index contributed by atoms with van der Waals surface area (Å²) in [5.74, 6) is 1.32. The Morgan fingerprint density at radius 2 is 2.12 bits per heavy atom. The molecule has 0 saturated carbocycles. The van der Waals surface area contributed by atoms with Gasteiger partial charge in [0.15, 0.2) is 0 Å². The summed E-state index contributed by atoms with van der Waals surface area (Å²) in [6, 6.07) is 7.93. The first-order chi connectivity index (χ1) is 12.6. The molecule has 0 bridgehead atoms. The van der Waals surface area contributed by atoms with E-state index in [0.717, 1.165) is 48.3 Å². The van der Waals surface area contributed by atoms with Crippen molar-refractivity contribution in [3.8, 4) is 0 Å². The molecule has 2 aromatic heterocycles. The third-order valence-corrected chi connectivity index (χ3v) is 5.21. The van der Waals surface area contributed by atoms with Crippen LogP contribution in [-0.4, -0.2) is 27.3 Å². The molecule has 0 aliphatic carbocycles. The van der Waals surface area contributed by atoms with Crippen LogP contribution < -0.4 is 10.9 Å². The molecule has 2 atom stereocenters. The molecular formula is C20H24N4O2. The second kappa shape index (κ2) is 6.96. The fourth-order valence-electron chi connectivity index (χ4n) is 3.68. The molecule has 1 saturated heterocycles. The van der Waals surface area contributed by atoms with Gasteiger partial charge >= 0.3 is 0 Å². The Hall–Kier alpha value is -2.60.